The molecular formula is C14H16F2N2O5. The number of hydrogen-bond donors (Lipinski definition) is 2. The first kappa shape index (κ1) is 16.8. The summed E-state index contributed by atoms with van der Waals surface area (Å²) in [6.45, 7) is -2.72. The molecule has 2 N–H and O–H groups in total. The minimum atomic E-state index is -3.04. The smallest absolute Gasteiger partial charge is 0.387 e. The van der Waals surface area contributed by atoms with E-state index in [1.807, 2.05) is 0 Å². The lowest BCUT2D eigenvalue weighted by atomic mass is 10.2. The number of hydrogen-bond acceptors (Lipinski definition) is 4. The fraction of sp³-hybridized carbons (Fsp3) is 0.429. The lowest BCUT2D eigenvalue weighted by molar-refractivity contribution is -0.141. The SMILES string of the molecule is COc1ccc(NC(=O)N2CCC[C@@H]2C(=O)O)cc1OC(F)F. The highest BCUT2D eigenvalue weighted by Crippen LogP contribution is 2.31. The van der Waals surface area contributed by atoms with Crippen molar-refractivity contribution in [3.63, 3.8) is 0 Å². The molecule has 1 saturated heterocycles. The number of rotatable bonds is 5. The van der Waals surface area contributed by atoms with Crippen LogP contribution in [0.1, 0.15) is 12.8 Å². The number of carboxylic acid groups (broad SMARTS) is 1. The lowest BCUT2D eigenvalue weighted by Gasteiger charge is -2.22. The Morgan fingerprint density at radius 3 is 2.74 bits per heavy atom. The highest BCUT2D eigenvalue weighted by Gasteiger charge is 2.34. The molecule has 1 fully saturated rings. The summed E-state index contributed by atoms with van der Waals surface area (Å²) in [5.74, 6) is -1.21. The number of carboxylic acids is 1. The van der Waals surface area contributed by atoms with Crippen LogP contribution >= 0.6 is 0 Å². The van der Waals surface area contributed by atoms with Crippen molar-refractivity contribution in [2.45, 2.75) is 25.5 Å². The molecule has 0 unspecified atom stereocenters. The molecule has 0 bridgehead atoms. The van der Waals surface area contributed by atoms with Crippen molar-refractivity contribution in [3.05, 3.63) is 18.2 Å². The molecule has 0 aromatic heterocycles. The molecule has 2 amide bonds. The van der Waals surface area contributed by atoms with E-state index in [2.05, 4.69) is 10.1 Å². The van der Waals surface area contributed by atoms with E-state index < -0.39 is 24.7 Å². The summed E-state index contributed by atoms with van der Waals surface area (Å²) in [4.78, 5) is 24.4. The third-order valence-electron chi connectivity index (χ3n) is 3.43. The molecular weight excluding hydrogens is 314 g/mol. The second-order valence-corrected chi connectivity index (χ2v) is 4.86. The molecule has 7 nitrogen and oxygen atoms in total. The van der Waals surface area contributed by atoms with Gasteiger partial charge in [0, 0.05) is 18.3 Å². The molecule has 1 aromatic rings. The average Bonchev–Trinajstić information content (AvgIpc) is 2.96. The maximum absolute atomic E-state index is 12.4. The van der Waals surface area contributed by atoms with Crippen LogP contribution in [-0.4, -0.2) is 48.3 Å². The highest BCUT2D eigenvalue weighted by molar-refractivity contribution is 5.93. The first-order valence-electron chi connectivity index (χ1n) is 6.85. The van der Waals surface area contributed by atoms with Gasteiger partial charge in [0.05, 0.1) is 7.11 Å². The number of likely N-dealkylation sites (tertiary alicyclic amines) is 1. The number of halogens is 2. The maximum atomic E-state index is 12.4. The van der Waals surface area contributed by atoms with Crippen LogP contribution in [0.2, 0.25) is 0 Å². The Hall–Kier alpha value is -2.58. The van der Waals surface area contributed by atoms with Gasteiger partial charge >= 0.3 is 18.6 Å². The van der Waals surface area contributed by atoms with E-state index in [1.165, 1.54) is 30.2 Å². The van der Waals surface area contributed by atoms with E-state index in [9.17, 15) is 18.4 Å². The number of carbonyl (C=O) groups excluding carboxylic acids is 1. The fourth-order valence-corrected chi connectivity index (χ4v) is 2.40. The molecule has 1 aromatic carbocycles. The van der Waals surface area contributed by atoms with Crippen molar-refractivity contribution in [3.8, 4) is 11.5 Å². The third-order valence-corrected chi connectivity index (χ3v) is 3.43. The van der Waals surface area contributed by atoms with E-state index in [0.717, 1.165) is 0 Å². The van der Waals surface area contributed by atoms with Crippen LogP contribution in [0.3, 0.4) is 0 Å². The summed E-state index contributed by atoms with van der Waals surface area (Å²) in [7, 11) is 1.30. The van der Waals surface area contributed by atoms with E-state index >= 15 is 0 Å². The van der Waals surface area contributed by atoms with E-state index in [-0.39, 0.29) is 17.2 Å². The van der Waals surface area contributed by atoms with Crippen molar-refractivity contribution in [1.82, 2.24) is 4.90 Å². The number of aliphatic carboxylic acids is 1. The zero-order chi connectivity index (χ0) is 17.0. The van der Waals surface area contributed by atoms with Crippen LogP contribution in [0.5, 0.6) is 11.5 Å². The molecule has 0 spiro atoms. The van der Waals surface area contributed by atoms with Crippen LogP contribution in [0, 0.1) is 0 Å². The Labute approximate surface area is 130 Å². The van der Waals surface area contributed by atoms with Crippen molar-refractivity contribution in [2.24, 2.45) is 0 Å². The van der Waals surface area contributed by atoms with Crippen LogP contribution in [0.4, 0.5) is 19.3 Å². The van der Waals surface area contributed by atoms with E-state index in [4.69, 9.17) is 9.84 Å². The third kappa shape index (κ3) is 3.99. The van der Waals surface area contributed by atoms with Gasteiger partial charge in [-0.1, -0.05) is 0 Å². The van der Waals surface area contributed by atoms with Gasteiger partial charge in [0.15, 0.2) is 11.5 Å². The Morgan fingerprint density at radius 1 is 1.39 bits per heavy atom. The molecule has 9 heteroatoms. The summed E-state index contributed by atoms with van der Waals surface area (Å²) >= 11 is 0. The van der Waals surface area contributed by atoms with Gasteiger partial charge in [-0.3, -0.25) is 0 Å². The molecule has 1 aliphatic rings. The number of urea groups is 1. The number of methoxy groups -OCH3 is 1. The maximum Gasteiger partial charge on any atom is 0.387 e. The summed E-state index contributed by atoms with van der Waals surface area (Å²) in [6.07, 6.45) is 0.970. The van der Waals surface area contributed by atoms with Gasteiger partial charge in [0.1, 0.15) is 6.04 Å². The predicted molar refractivity (Wildman–Crippen MR) is 76.0 cm³/mol. The van der Waals surface area contributed by atoms with Crippen molar-refractivity contribution < 1.29 is 33.0 Å². The molecule has 126 valence electrons. The summed E-state index contributed by atoms with van der Waals surface area (Å²) in [5.41, 5.74) is 0.197. The monoisotopic (exact) mass is 330 g/mol. The largest absolute Gasteiger partial charge is 0.493 e. The van der Waals surface area contributed by atoms with Crippen molar-refractivity contribution in [2.75, 3.05) is 19.0 Å². The number of benzene rings is 1. The number of alkyl halides is 2. The first-order valence-corrected chi connectivity index (χ1v) is 6.85. The Balaban J connectivity index is 2.13. The molecule has 23 heavy (non-hydrogen) atoms. The minimum absolute atomic E-state index is 0.0906. The molecule has 0 saturated carbocycles. The molecule has 2 rings (SSSR count). The van der Waals surface area contributed by atoms with Crippen LogP contribution < -0.4 is 14.8 Å². The predicted octanol–water partition coefficient (Wildman–Crippen LogP) is 2.38. The zero-order valence-electron chi connectivity index (χ0n) is 12.3. The molecule has 1 heterocycles. The highest BCUT2D eigenvalue weighted by atomic mass is 19.3. The Kier molecular flexibility index (Phi) is 5.20. The van der Waals surface area contributed by atoms with Gasteiger partial charge in [-0.25, -0.2) is 9.59 Å². The normalized spacial score (nSPS) is 17.2. The van der Waals surface area contributed by atoms with Crippen molar-refractivity contribution >= 4 is 17.7 Å². The van der Waals surface area contributed by atoms with Crippen molar-refractivity contribution in [1.29, 1.82) is 0 Å². The molecule has 0 radical (unpaired) electrons. The quantitative estimate of drug-likeness (QED) is 0.865. The average molecular weight is 330 g/mol. The van der Waals surface area contributed by atoms with Gasteiger partial charge in [0.2, 0.25) is 0 Å². The van der Waals surface area contributed by atoms with Crippen LogP contribution in [-0.2, 0) is 4.79 Å². The summed E-state index contributed by atoms with van der Waals surface area (Å²) < 4.78 is 34.0. The number of amides is 2. The standard InChI is InChI=1S/C14H16F2N2O5/c1-22-10-5-4-8(7-11(10)23-13(15)16)17-14(21)18-6-2-3-9(18)12(19)20/h4-5,7,9,13H,2-3,6H2,1H3,(H,17,21)(H,19,20)/t9-/m1/s1. The number of anilines is 1. The van der Waals surface area contributed by atoms with Crippen LogP contribution in [0.25, 0.3) is 0 Å². The van der Waals surface area contributed by atoms with E-state index in [1.54, 1.807) is 0 Å². The van der Waals surface area contributed by atoms with Gasteiger partial charge in [-0.2, -0.15) is 8.78 Å². The van der Waals surface area contributed by atoms with Gasteiger partial charge < -0.3 is 24.8 Å². The van der Waals surface area contributed by atoms with Crippen LogP contribution in [0.15, 0.2) is 18.2 Å². The van der Waals surface area contributed by atoms with E-state index in [0.29, 0.717) is 19.4 Å². The summed E-state index contributed by atoms with van der Waals surface area (Å²) in [6, 6.07) is 2.51. The second-order valence-electron chi connectivity index (χ2n) is 4.86. The second kappa shape index (κ2) is 7.12. The lowest BCUT2D eigenvalue weighted by Crippen LogP contribution is -2.42. The topological polar surface area (TPSA) is 88.1 Å². The van der Waals surface area contributed by atoms with Gasteiger partial charge in [-0.05, 0) is 25.0 Å². The number of nitrogens with zero attached hydrogens (tertiary/aromatic N) is 1. The minimum Gasteiger partial charge on any atom is -0.493 e. The zero-order valence-corrected chi connectivity index (χ0v) is 12.3. The van der Waals surface area contributed by atoms with Gasteiger partial charge in [0.25, 0.3) is 0 Å². The number of ether oxygens (including phenoxy) is 2. The molecule has 1 aliphatic heterocycles. The fourth-order valence-electron chi connectivity index (χ4n) is 2.40. The molecule has 1 atom stereocenters. The van der Waals surface area contributed by atoms with Gasteiger partial charge in [-0.15, -0.1) is 0 Å². The summed E-state index contributed by atoms with van der Waals surface area (Å²) in [5, 5.41) is 11.5. The Morgan fingerprint density at radius 2 is 2.13 bits per heavy atom. The number of nitrogens with one attached hydrogen (secondary N) is 1. The Bertz CT molecular complexity index is 597. The first-order chi connectivity index (χ1) is 10.9. The number of carbonyl (C=O) groups is 2. The molecule has 0 aliphatic carbocycles.